The van der Waals surface area contributed by atoms with Gasteiger partial charge in [0.2, 0.25) is 0 Å². The Kier molecular flexibility index (Phi) is 32.3. The van der Waals surface area contributed by atoms with E-state index in [1.54, 1.807) is 54.7 Å². The quantitative estimate of drug-likeness (QED) is 0.0307. The van der Waals surface area contributed by atoms with E-state index in [-0.39, 0.29) is 113 Å². The molecule has 9 heteroatoms. The van der Waals surface area contributed by atoms with Gasteiger partial charge < -0.3 is 0 Å². The minimum atomic E-state index is -0.324. The van der Waals surface area contributed by atoms with Crippen LogP contribution in [0.3, 0.4) is 0 Å². The van der Waals surface area contributed by atoms with Gasteiger partial charge >= 0.3 is 0 Å². The van der Waals surface area contributed by atoms with Crippen LogP contribution in [-0.2, 0) is 90.0 Å². The van der Waals surface area contributed by atoms with Gasteiger partial charge in [0.15, 0.2) is 34.7 Å². The van der Waals surface area contributed by atoms with E-state index in [2.05, 4.69) is 0 Å². The van der Waals surface area contributed by atoms with Crippen LogP contribution in [0.15, 0.2) is 326 Å². The Balaban J connectivity index is 0.000000275. The molecule has 0 heterocycles. The third-order valence-corrected chi connectivity index (χ3v) is 12.3. The molecule has 0 bridgehead atoms. The van der Waals surface area contributed by atoms with Crippen LogP contribution in [0.25, 0.3) is 54.7 Å². The van der Waals surface area contributed by atoms with E-state index in [1.165, 1.54) is 36.5 Å². The molecule has 0 spiro atoms. The minimum Gasteiger partial charge on any atom is -0.289 e. The number of ketones is 6. The summed E-state index contributed by atoms with van der Waals surface area (Å²) in [6.07, 6.45) is 23.9. The second-order valence-corrected chi connectivity index (χ2v) is 18.6. The fourth-order valence-electron chi connectivity index (χ4n) is 7.89. The summed E-state index contributed by atoms with van der Waals surface area (Å²) in [7, 11) is 0. The molecule has 0 radical (unpaired) electrons. The van der Waals surface area contributed by atoms with Crippen molar-refractivity contribution in [1.29, 1.82) is 0 Å². The molecule has 9 aromatic rings. The molecule has 0 unspecified atom stereocenters. The molecule has 0 aliphatic carbocycles. The van der Waals surface area contributed by atoms with E-state index in [1.807, 2.05) is 273 Å². The summed E-state index contributed by atoms with van der Waals surface area (Å²) in [5.41, 5.74) is 8.24. The zero-order chi connectivity index (χ0) is 58.8. The molecule has 0 aliphatic rings. The summed E-state index contributed by atoms with van der Waals surface area (Å²) in [4.78, 5) is 76.6. The first-order chi connectivity index (χ1) is 41.2. The SMILES string of the molecule is O=C(C=Cc1ccccc1)C(=Cc1ccccc1)C(=O)C=Cc1ccccc1.O=C(C=Cc1ccccc1)C(=Cc1ccccc1)C(=O)C=Cc1ccccc1.O=C(C=Cc1ccccc1)C(=Cc1ccccc1)C(=O)C=Cc1ccccc1.[Pd].[Pd].[Pd]. The summed E-state index contributed by atoms with van der Waals surface area (Å²) in [6.45, 7) is 0. The van der Waals surface area contributed by atoms with Gasteiger partial charge in [-0.1, -0.05) is 309 Å². The van der Waals surface area contributed by atoms with Gasteiger partial charge in [0.05, 0.1) is 16.7 Å². The molecule has 0 aromatic heterocycles. The number of allylic oxidation sites excluding steroid dienone is 9. The Morgan fingerprint density at radius 3 is 0.414 bits per heavy atom. The van der Waals surface area contributed by atoms with Crippen LogP contribution in [-0.4, -0.2) is 34.7 Å². The van der Waals surface area contributed by atoms with Crippen LogP contribution in [0.2, 0.25) is 0 Å². The average Bonchev–Trinajstić information content (AvgIpc) is 3.61. The van der Waals surface area contributed by atoms with Gasteiger partial charge in [-0.2, -0.15) is 0 Å². The van der Waals surface area contributed by atoms with Gasteiger partial charge in [-0.25, -0.2) is 0 Å². The van der Waals surface area contributed by atoms with Crippen LogP contribution < -0.4 is 0 Å². The van der Waals surface area contributed by atoms with Crippen molar-refractivity contribution in [2.45, 2.75) is 0 Å². The van der Waals surface area contributed by atoms with Crippen LogP contribution >= 0.6 is 0 Å². The monoisotopic (exact) mass is 1410 g/mol. The number of carbonyl (C=O) groups is 6. The maximum absolute atomic E-state index is 12.8. The van der Waals surface area contributed by atoms with E-state index in [0.717, 1.165) is 50.1 Å². The molecule has 0 saturated heterocycles. The molecule has 0 fully saturated rings. The molecular weight excluding hydrogens is 1350 g/mol. The number of benzene rings is 9. The predicted molar refractivity (Wildman–Crippen MR) is 346 cm³/mol. The maximum atomic E-state index is 12.8. The fourth-order valence-corrected chi connectivity index (χ4v) is 7.89. The third-order valence-electron chi connectivity index (χ3n) is 12.3. The van der Waals surface area contributed by atoms with Crippen LogP contribution in [0.1, 0.15) is 50.1 Å². The van der Waals surface area contributed by atoms with Gasteiger partial charge in [-0.05, 0) is 105 Å². The van der Waals surface area contributed by atoms with Crippen LogP contribution in [0, 0.1) is 0 Å². The summed E-state index contributed by atoms with van der Waals surface area (Å²) >= 11 is 0. The second kappa shape index (κ2) is 40.1. The largest absolute Gasteiger partial charge is 0.289 e. The summed E-state index contributed by atoms with van der Waals surface area (Å²) < 4.78 is 0. The fraction of sp³-hybridized carbons (Fsp3) is 0. The topological polar surface area (TPSA) is 102 Å². The first kappa shape index (κ1) is 70.1. The third kappa shape index (κ3) is 25.8. The van der Waals surface area contributed by atoms with Crippen molar-refractivity contribution in [3.8, 4) is 0 Å². The zero-order valence-corrected chi connectivity index (χ0v) is 51.7. The molecular formula is C78H60O6Pd3. The summed E-state index contributed by atoms with van der Waals surface area (Å²) in [6, 6.07) is 85.3. The zero-order valence-electron chi connectivity index (χ0n) is 47.0. The Labute approximate surface area is 551 Å². The van der Waals surface area contributed by atoms with Gasteiger partial charge in [-0.3, -0.25) is 28.8 Å². The molecule has 6 nitrogen and oxygen atoms in total. The number of hydrogen-bond acceptors (Lipinski definition) is 6. The van der Waals surface area contributed by atoms with Crippen molar-refractivity contribution in [2.24, 2.45) is 0 Å². The second-order valence-electron chi connectivity index (χ2n) is 18.6. The Morgan fingerprint density at radius 1 is 0.172 bits per heavy atom. The van der Waals surface area contributed by atoms with Crippen molar-refractivity contribution in [1.82, 2.24) is 0 Å². The van der Waals surface area contributed by atoms with Gasteiger partial charge in [0.1, 0.15) is 0 Å². The van der Waals surface area contributed by atoms with Gasteiger partial charge in [0.25, 0.3) is 0 Å². The van der Waals surface area contributed by atoms with Crippen LogP contribution in [0.5, 0.6) is 0 Å². The minimum absolute atomic E-state index is 0. The van der Waals surface area contributed by atoms with Crippen molar-refractivity contribution in [3.05, 3.63) is 376 Å². The normalized spacial score (nSPS) is 10.5. The van der Waals surface area contributed by atoms with Gasteiger partial charge in [-0.15, -0.1) is 0 Å². The number of hydrogen-bond donors (Lipinski definition) is 0. The Bertz CT molecular complexity index is 3270. The maximum Gasteiger partial charge on any atom is 0.189 e. The Hall–Kier alpha value is -9.35. The van der Waals surface area contributed by atoms with E-state index < -0.39 is 0 Å². The first-order valence-electron chi connectivity index (χ1n) is 27.1. The molecule has 0 saturated carbocycles. The molecule has 0 atom stereocenters. The van der Waals surface area contributed by atoms with E-state index in [9.17, 15) is 28.8 Å². The molecule has 0 amide bonds. The number of rotatable bonds is 21. The smallest absolute Gasteiger partial charge is 0.189 e. The van der Waals surface area contributed by atoms with E-state index in [4.69, 9.17) is 0 Å². The molecule has 87 heavy (non-hydrogen) atoms. The van der Waals surface area contributed by atoms with Crippen LogP contribution in [0.4, 0.5) is 0 Å². The summed E-state index contributed by atoms with van der Waals surface area (Å²) in [5.74, 6) is -1.94. The first-order valence-corrected chi connectivity index (χ1v) is 27.1. The summed E-state index contributed by atoms with van der Waals surface area (Å²) in [5, 5.41) is 0. The van der Waals surface area contributed by atoms with Crippen molar-refractivity contribution in [2.75, 3.05) is 0 Å². The molecule has 0 aliphatic heterocycles. The Morgan fingerprint density at radius 2 is 0.287 bits per heavy atom. The molecule has 438 valence electrons. The molecule has 0 N–H and O–H groups in total. The van der Waals surface area contributed by atoms with Gasteiger partial charge in [0, 0.05) is 61.3 Å². The van der Waals surface area contributed by atoms with Crippen molar-refractivity contribution in [3.63, 3.8) is 0 Å². The van der Waals surface area contributed by atoms with E-state index >= 15 is 0 Å². The molecule has 9 rings (SSSR count). The van der Waals surface area contributed by atoms with E-state index in [0.29, 0.717) is 0 Å². The standard InChI is InChI=1S/3C26H20O2.3Pd/c3*27-25(18-16-21-10-4-1-5-11-21)24(20-23-14-8-3-9-15-23)26(28)19-17-22-12-6-2-7-13-22;;;/h3*1-20H;;;. The molecule has 9 aromatic carbocycles. The predicted octanol–water partition coefficient (Wildman–Crippen LogP) is 16.9. The van der Waals surface area contributed by atoms with Crippen molar-refractivity contribution >= 4 is 89.4 Å². The number of carbonyl (C=O) groups excluding carboxylic acids is 6. The van der Waals surface area contributed by atoms with Crippen molar-refractivity contribution < 1.29 is 90.0 Å². The average molecular weight is 1410 g/mol.